The summed E-state index contributed by atoms with van der Waals surface area (Å²) in [6, 6.07) is 10.3. The summed E-state index contributed by atoms with van der Waals surface area (Å²) in [7, 11) is 0. The molecule has 1 amide bonds. The van der Waals surface area contributed by atoms with Gasteiger partial charge in [-0.15, -0.1) is 0 Å². The predicted octanol–water partition coefficient (Wildman–Crippen LogP) is 4.20. The summed E-state index contributed by atoms with van der Waals surface area (Å²) >= 11 is 0.402. The van der Waals surface area contributed by atoms with Gasteiger partial charge in [-0.25, -0.2) is 4.79 Å². The molecular formula is C18H17F2NO4S. The molecule has 0 bridgehead atoms. The molecule has 0 aliphatic carbocycles. The van der Waals surface area contributed by atoms with Gasteiger partial charge in [0, 0.05) is 10.6 Å². The smallest absolute Gasteiger partial charge is 0.342 e. The van der Waals surface area contributed by atoms with Crippen molar-refractivity contribution in [2.45, 2.75) is 30.6 Å². The number of hydrogen-bond donors (Lipinski definition) is 2. The molecule has 2 aromatic rings. The fourth-order valence-electron chi connectivity index (χ4n) is 2.05. The van der Waals surface area contributed by atoms with Gasteiger partial charge in [0.2, 0.25) is 0 Å². The number of benzene rings is 2. The normalized spacial score (nSPS) is 11.9. The van der Waals surface area contributed by atoms with Crippen LogP contribution in [0.3, 0.4) is 0 Å². The first-order valence-electron chi connectivity index (χ1n) is 7.62. The molecule has 0 fully saturated rings. The minimum Gasteiger partial charge on any atom is -0.507 e. The highest BCUT2D eigenvalue weighted by atomic mass is 32.2. The zero-order chi connectivity index (χ0) is 19.3. The second-order valence-corrected chi connectivity index (χ2v) is 6.52. The number of thioether (sulfide) groups is 1. The van der Waals surface area contributed by atoms with Gasteiger partial charge in [0.05, 0.1) is 0 Å². The Kier molecular flexibility index (Phi) is 6.57. The number of nitrogens with one attached hydrogen (secondary N) is 1. The predicted molar refractivity (Wildman–Crippen MR) is 94.7 cm³/mol. The first kappa shape index (κ1) is 19.7. The van der Waals surface area contributed by atoms with Crippen molar-refractivity contribution in [1.82, 2.24) is 0 Å². The molecule has 2 rings (SSSR count). The minimum absolute atomic E-state index is 0.0296. The summed E-state index contributed by atoms with van der Waals surface area (Å²) in [5.41, 5.74) is 1.11. The lowest BCUT2D eigenvalue weighted by Gasteiger charge is -2.14. The Bertz CT molecular complexity index is 796. The van der Waals surface area contributed by atoms with Crippen molar-refractivity contribution in [3.63, 3.8) is 0 Å². The van der Waals surface area contributed by atoms with Crippen LogP contribution < -0.4 is 5.32 Å². The summed E-state index contributed by atoms with van der Waals surface area (Å²) in [6.45, 7) is 3.14. The van der Waals surface area contributed by atoms with Crippen LogP contribution in [0.15, 0.2) is 47.4 Å². The molecule has 5 nitrogen and oxygen atoms in total. The lowest BCUT2D eigenvalue weighted by Crippen LogP contribution is -2.30. The van der Waals surface area contributed by atoms with E-state index in [0.717, 1.165) is 5.56 Å². The molecule has 0 aliphatic rings. The Labute approximate surface area is 153 Å². The number of esters is 1. The lowest BCUT2D eigenvalue weighted by molar-refractivity contribution is -0.123. The van der Waals surface area contributed by atoms with Gasteiger partial charge in [0.1, 0.15) is 11.3 Å². The van der Waals surface area contributed by atoms with Gasteiger partial charge in [0.25, 0.3) is 11.7 Å². The summed E-state index contributed by atoms with van der Waals surface area (Å²) in [4.78, 5) is 24.6. The molecule has 0 unspecified atom stereocenters. The number of hydrogen-bond acceptors (Lipinski definition) is 5. The summed E-state index contributed by atoms with van der Waals surface area (Å²) in [6.07, 6.45) is -1.11. The Balaban J connectivity index is 1.96. The van der Waals surface area contributed by atoms with Crippen LogP contribution in [-0.2, 0) is 9.53 Å². The minimum atomic E-state index is -2.52. The highest BCUT2D eigenvalue weighted by Gasteiger charge is 2.21. The molecule has 0 aromatic heterocycles. The fraction of sp³-hybridized carbons (Fsp3) is 0.222. The molecule has 0 aliphatic heterocycles. The molecule has 1 atom stereocenters. The molecule has 0 saturated carbocycles. The quantitative estimate of drug-likeness (QED) is 0.579. The van der Waals surface area contributed by atoms with Gasteiger partial charge in [-0.2, -0.15) is 8.78 Å². The largest absolute Gasteiger partial charge is 0.507 e. The van der Waals surface area contributed by atoms with Crippen molar-refractivity contribution in [2.75, 3.05) is 5.32 Å². The standard InChI is InChI=1S/C18H17F2NO4S/c1-10-3-8-15(22)14(9-10)17(24)25-11(2)16(23)21-12-4-6-13(7-5-12)26-18(19)20/h3-9,11,18,22H,1-2H3,(H,21,23)/t11-/m1/s1. The monoisotopic (exact) mass is 381 g/mol. The Morgan fingerprint density at radius 2 is 1.81 bits per heavy atom. The maximum absolute atomic E-state index is 12.3. The zero-order valence-corrected chi connectivity index (χ0v) is 14.8. The van der Waals surface area contributed by atoms with Crippen molar-refractivity contribution >= 4 is 29.3 Å². The second-order valence-electron chi connectivity index (χ2n) is 5.46. The van der Waals surface area contributed by atoms with Crippen LogP contribution in [0.1, 0.15) is 22.8 Å². The maximum atomic E-state index is 12.3. The van der Waals surface area contributed by atoms with E-state index in [0.29, 0.717) is 22.3 Å². The van der Waals surface area contributed by atoms with Crippen LogP contribution in [0.4, 0.5) is 14.5 Å². The number of phenolic OH excluding ortho intramolecular Hbond substituents is 1. The van der Waals surface area contributed by atoms with Crippen LogP contribution in [0.2, 0.25) is 0 Å². The van der Waals surface area contributed by atoms with Gasteiger partial charge >= 0.3 is 5.97 Å². The first-order chi connectivity index (χ1) is 12.3. The first-order valence-corrected chi connectivity index (χ1v) is 8.50. The highest BCUT2D eigenvalue weighted by molar-refractivity contribution is 7.99. The average molecular weight is 381 g/mol. The third-order valence-electron chi connectivity index (χ3n) is 3.37. The Hall–Kier alpha value is -2.61. The second kappa shape index (κ2) is 8.66. The van der Waals surface area contributed by atoms with Crippen LogP contribution in [0.5, 0.6) is 5.75 Å². The number of carbonyl (C=O) groups is 2. The number of phenols is 1. The molecule has 0 spiro atoms. The van der Waals surface area contributed by atoms with E-state index < -0.39 is 23.7 Å². The molecule has 0 saturated heterocycles. The zero-order valence-electron chi connectivity index (χ0n) is 14.0. The van der Waals surface area contributed by atoms with Crippen LogP contribution >= 0.6 is 11.8 Å². The number of aryl methyl sites for hydroxylation is 1. The van der Waals surface area contributed by atoms with Crippen molar-refractivity contribution in [3.8, 4) is 5.75 Å². The maximum Gasteiger partial charge on any atom is 0.342 e. The number of aromatic hydroxyl groups is 1. The average Bonchev–Trinajstić information content (AvgIpc) is 2.58. The topological polar surface area (TPSA) is 75.6 Å². The van der Waals surface area contributed by atoms with Crippen molar-refractivity contribution < 1.29 is 28.2 Å². The van der Waals surface area contributed by atoms with Crippen LogP contribution in [0, 0.1) is 6.92 Å². The number of amides is 1. The summed E-state index contributed by atoms with van der Waals surface area (Å²) in [5.74, 6) is -4.16. The Morgan fingerprint density at radius 1 is 1.15 bits per heavy atom. The van der Waals surface area contributed by atoms with Crippen molar-refractivity contribution in [2.24, 2.45) is 0 Å². The number of rotatable bonds is 6. The van der Waals surface area contributed by atoms with E-state index in [4.69, 9.17) is 4.74 Å². The van der Waals surface area contributed by atoms with Crippen molar-refractivity contribution in [1.29, 1.82) is 0 Å². The fourth-order valence-corrected chi connectivity index (χ4v) is 2.55. The number of alkyl halides is 2. The van der Waals surface area contributed by atoms with Gasteiger partial charge in [-0.05, 0) is 50.2 Å². The van der Waals surface area contributed by atoms with E-state index >= 15 is 0 Å². The number of carbonyl (C=O) groups excluding carboxylic acids is 2. The van der Waals surface area contributed by atoms with E-state index in [9.17, 15) is 23.5 Å². The van der Waals surface area contributed by atoms with E-state index in [1.807, 2.05) is 0 Å². The lowest BCUT2D eigenvalue weighted by atomic mass is 10.1. The van der Waals surface area contributed by atoms with Crippen molar-refractivity contribution in [3.05, 3.63) is 53.6 Å². The SMILES string of the molecule is Cc1ccc(O)c(C(=O)O[C@H](C)C(=O)Nc2ccc(SC(F)F)cc2)c1. The number of halogens is 2. The van der Waals surface area contributed by atoms with Crippen LogP contribution in [-0.4, -0.2) is 28.8 Å². The molecule has 0 radical (unpaired) electrons. The number of anilines is 1. The van der Waals surface area contributed by atoms with Gasteiger partial charge in [-0.1, -0.05) is 23.4 Å². The van der Waals surface area contributed by atoms with Gasteiger partial charge < -0.3 is 15.2 Å². The van der Waals surface area contributed by atoms with Gasteiger partial charge in [0.15, 0.2) is 6.10 Å². The highest BCUT2D eigenvalue weighted by Crippen LogP contribution is 2.26. The third kappa shape index (κ3) is 5.45. The molecule has 138 valence electrons. The van der Waals surface area contributed by atoms with E-state index in [-0.39, 0.29) is 11.3 Å². The number of ether oxygens (including phenoxy) is 1. The third-order valence-corrected chi connectivity index (χ3v) is 4.09. The van der Waals surface area contributed by atoms with E-state index in [1.54, 1.807) is 13.0 Å². The Morgan fingerprint density at radius 3 is 2.42 bits per heavy atom. The van der Waals surface area contributed by atoms with E-state index in [2.05, 4.69) is 5.32 Å². The molecular weight excluding hydrogens is 364 g/mol. The van der Waals surface area contributed by atoms with E-state index in [1.165, 1.54) is 43.3 Å². The summed E-state index contributed by atoms with van der Waals surface area (Å²) in [5, 5.41) is 12.3. The molecule has 8 heteroatoms. The molecule has 26 heavy (non-hydrogen) atoms. The molecule has 2 aromatic carbocycles. The summed E-state index contributed by atoms with van der Waals surface area (Å²) < 4.78 is 29.6. The van der Waals surface area contributed by atoms with Crippen LogP contribution in [0.25, 0.3) is 0 Å². The molecule has 2 N–H and O–H groups in total. The van der Waals surface area contributed by atoms with Gasteiger partial charge in [-0.3, -0.25) is 4.79 Å². The molecule has 0 heterocycles.